The molecule has 1 unspecified atom stereocenters. The van der Waals surface area contributed by atoms with Gasteiger partial charge < -0.3 is 23.2 Å². The van der Waals surface area contributed by atoms with Crippen molar-refractivity contribution in [2.45, 2.75) is 33.2 Å². The van der Waals surface area contributed by atoms with E-state index < -0.39 is 5.97 Å². The van der Waals surface area contributed by atoms with Gasteiger partial charge in [0.2, 0.25) is 5.78 Å². The number of hydrogen-bond donors (Lipinski definition) is 0. The molecule has 0 saturated carbocycles. The van der Waals surface area contributed by atoms with Crippen molar-refractivity contribution in [2.24, 2.45) is 0 Å². The molecule has 0 aliphatic carbocycles. The van der Waals surface area contributed by atoms with Gasteiger partial charge in [0.1, 0.15) is 11.3 Å². The van der Waals surface area contributed by atoms with Crippen molar-refractivity contribution in [3.63, 3.8) is 0 Å². The van der Waals surface area contributed by atoms with E-state index >= 15 is 0 Å². The fourth-order valence-corrected chi connectivity index (χ4v) is 3.81. The lowest BCUT2D eigenvalue weighted by molar-refractivity contribution is -0.141. The Morgan fingerprint density at radius 3 is 2.63 bits per heavy atom. The van der Waals surface area contributed by atoms with Crippen LogP contribution in [0.15, 0.2) is 34.9 Å². The number of ether oxygens (including phenoxy) is 3. The Labute approximate surface area is 175 Å². The van der Waals surface area contributed by atoms with Crippen LogP contribution >= 0.6 is 0 Å². The van der Waals surface area contributed by atoms with Crippen LogP contribution in [0.3, 0.4) is 0 Å². The summed E-state index contributed by atoms with van der Waals surface area (Å²) < 4.78 is 23.2. The molecule has 0 aliphatic rings. The third-order valence-corrected chi connectivity index (χ3v) is 5.20. The number of methoxy groups -OCH3 is 2. The second-order valence-corrected chi connectivity index (χ2v) is 7.34. The number of hydrogen-bond acceptors (Lipinski definition) is 6. The predicted molar refractivity (Wildman–Crippen MR) is 112 cm³/mol. The van der Waals surface area contributed by atoms with Crippen LogP contribution < -0.4 is 4.74 Å². The minimum Gasteiger partial charge on any atom is -0.497 e. The molecule has 30 heavy (non-hydrogen) atoms. The van der Waals surface area contributed by atoms with Gasteiger partial charge in [-0.25, -0.2) is 0 Å². The summed E-state index contributed by atoms with van der Waals surface area (Å²) >= 11 is 0. The van der Waals surface area contributed by atoms with Gasteiger partial charge in [-0.05, 0) is 39.0 Å². The number of carbonyl (C=O) groups excluding carboxylic acids is 2. The highest BCUT2D eigenvalue weighted by molar-refractivity contribution is 5.99. The molecule has 3 rings (SSSR count). The Morgan fingerprint density at radius 2 is 1.93 bits per heavy atom. The first kappa shape index (κ1) is 21.6. The van der Waals surface area contributed by atoms with Crippen molar-refractivity contribution >= 4 is 22.7 Å². The number of benzene rings is 1. The van der Waals surface area contributed by atoms with E-state index in [1.54, 1.807) is 26.4 Å². The maximum atomic E-state index is 12.6. The van der Waals surface area contributed by atoms with Crippen LogP contribution in [-0.4, -0.2) is 43.8 Å². The van der Waals surface area contributed by atoms with E-state index in [4.69, 9.17) is 18.6 Å². The van der Waals surface area contributed by atoms with E-state index in [0.717, 1.165) is 16.8 Å². The molecule has 0 bridgehead atoms. The Morgan fingerprint density at radius 1 is 1.17 bits per heavy atom. The predicted octanol–water partition coefficient (Wildman–Crippen LogP) is 4.04. The minimum atomic E-state index is -0.483. The zero-order chi connectivity index (χ0) is 21.8. The molecule has 1 aromatic carbocycles. The van der Waals surface area contributed by atoms with E-state index in [1.165, 1.54) is 6.26 Å². The zero-order valence-electron chi connectivity index (χ0n) is 18.0. The van der Waals surface area contributed by atoms with Crippen LogP contribution in [0.5, 0.6) is 5.75 Å². The lowest BCUT2D eigenvalue weighted by Gasteiger charge is -2.17. The molecule has 0 N–H and O–H groups in total. The van der Waals surface area contributed by atoms with Gasteiger partial charge in [-0.15, -0.1) is 0 Å². The fraction of sp³-hybridized carbons (Fsp3) is 0.391. The number of ketones is 1. The minimum absolute atomic E-state index is 0.0243. The van der Waals surface area contributed by atoms with Crippen molar-refractivity contribution in [2.75, 3.05) is 27.4 Å². The molecule has 0 aliphatic heterocycles. The third kappa shape index (κ3) is 4.41. The van der Waals surface area contributed by atoms with Crippen LogP contribution in [0.4, 0.5) is 0 Å². The van der Waals surface area contributed by atoms with E-state index in [2.05, 4.69) is 4.57 Å². The molecule has 0 spiro atoms. The number of carbonyl (C=O) groups is 2. The molecule has 3 aromatic rings. The number of aryl methyl sites for hydroxylation is 1. The highest BCUT2D eigenvalue weighted by Gasteiger charge is 2.20. The van der Waals surface area contributed by atoms with E-state index in [1.807, 2.05) is 32.9 Å². The molecule has 0 saturated heterocycles. The summed E-state index contributed by atoms with van der Waals surface area (Å²) in [5.74, 6) is -0.0356. The summed E-state index contributed by atoms with van der Waals surface area (Å²) in [7, 11) is 3.23. The lowest BCUT2D eigenvalue weighted by Crippen LogP contribution is -2.17. The summed E-state index contributed by atoms with van der Waals surface area (Å²) in [6.45, 7) is 6.11. The normalized spacial score (nSPS) is 12.2. The van der Waals surface area contributed by atoms with Gasteiger partial charge in [0.15, 0.2) is 6.61 Å². The van der Waals surface area contributed by atoms with Gasteiger partial charge in [-0.3, -0.25) is 9.59 Å². The van der Waals surface area contributed by atoms with Gasteiger partial charge in [0.25, 0.3) is 0 Å². The number of rotatable bonds is 9. The van der Waals surface area contributed by atoms with Gasteiger partial charge in [0, 0.05) is 41.1 Å². The monoisotopic (exact) mass is 413 g/mol. The van der Waals surface area contributed by atoms with Gasteiger partial charge in [-0.1, -0.05) is 0 Å². The highest BCUT2D eigenvalue weighted by atomic mass is 16.5. The topological polar surface area (TPSA) is 79.9 Å². The Balaban J connectivity index is 1.64. The number of Topliss-reactive ketones (excluding diaryl/α,β-unsaturated/α-hetero) is 1. The molecular formula is C23H27NO6. The molecule has 2 aromatic heterocycles. The average molecular weight is 413 g/mol. The molecule has 7 nitrogen and oxygen atoms in total. The zero-order valence-corrected chi connectivity index (χ0v) is 18.0. The van der Waals surface area contributed by atoms with Crippen molar-refractivity contribution in [3.8, 4) is 5.75 Å². The quantitative estimate of drug-likeness (QED) is 0.389. The number of nitrogens with zero attached hydrogens (tertiary/aromatic N) is 1. The van der Waals surface area contributed by atoms with Crippen LogP contribution in [0.1, 0.15) is 40.3 Å². The first-order valence-corrected chi connectivity index (χ1v) is 9.76. The second kappa shape index (κ2) is 9.17. The Bertz CT molecular complexity index is 1060. The molecule has 7 heteroatoms. The number of furan rings is 1. The number of esters is 1. The van der Waals surface area contributed by atoms with Crippen molar-refractivity contribution in [1.29, 1.82) is 0 Å². The van der Waals surface area contributed by atoms with E-state index in [0.29, 0.717) is 29.1 Å². The van der Waals surface area contributed by atoms with Crippen LogP contribution in [0, 0.1) is 13.8 Å². The number of aromatic nitrogens is 1. The summed E-state index contributed by atoms with van der Waals surface area (Å²) in [6, 6.07) is 7.33. The molecule has 160 valence electrons. The third-order valence-electron chi connectivity index (χ3n) is 5.20. The lowest BCUT2D eigenvalue weighted by atomic mass is 10.1. The SMILES string of the molecule is COCC(C)n1c(C)cc(C(=O)COC(=O)Cc2coc3cc(OC)ccc23)c1C. The maximum absolute atomic E-state index is 12.6. The van der Waals surface area contributed by atoms with E-state index in [-0.39, 0.29) is 24.9 Å². The average Bonchev–Trinajstić information content (AvgIpc) is 3.25. The largest absolute Gasteiger partial charge is 0.497 e. The van der Waals surface area contributed by atoms with Crippen molar-refractivity contribution < 1.29 is 28.2 Å². The highest BCUT2D eigenvalue weighted by Crippen LogP contribution is 2.26. The summed E-state index contributed by atoms with van der Waals surface area (Å²) in [4.78, 5) is 24.9. The molecule has 2 heterocycles. The van der Waals surface area contributed by atoms with Crippen molar-refractivity contribution in [1.82, 2.24) is 4.57 Å². The Hall–Kier alpha value is -3.06. The summed E-state index contributed by atoms with van der Waals surface area (Å²) in [5, 5.41) is 0.815. The first-order valence-electron chi connectivity index (χ1n) is 9.76. The number of fused-ring (bicyclic) bond motifs is 1. The molecular weight excluding hydrogens is 386 g/mol. The summed E-state index contributed by atoms with van der Waals surface area (Å²) in [6.07, 6.45) is 1.55. The van der Waals surface area contributed by atoms with Crippen molar-refractivity contribution in [3.05, 3.63) is 53.0 Å². The van der Waals surface area contributed by atoms with Gasteiger partial charge in [-0.2, -0.15) is 0 Å². The maximum Gasteiger partial charge on any atom is 0.310 e. The standard InChI is InChI=1S/C23H27NO6/c1-14-8-20(16(3)24(14)15(2)11-27-4)21(25)13-30-23(26)9-17-12-29-22-10-18(28-5)6-7-19(17)22/h6-8,10,12,15H,9,11,13H2,1-5H3. The smallest absolute Gasteiger partial charge is 0.310 e. The molecule has 0 fully saturated rings. The van der Waals surface area contributed by atoms with Gasteiger partial charge >= 0.3 is 5.97 Å². The van der Waals surface area contributed by atoms with Crippen LogP contribution in [-0.2, 0) is 20.7 Å². The molecule has 1 atom stereocenters. The summed E-state index contributed by atoms with van der Waals surface area (Å²) in [5.41, 5.74) is 3.70. The first-order chi connectivity index (χ1) is 14.3. The van der Waals surface area contributed by atoms with Gasteiger partial charge in [0.05, 0.1) is 32.4 Å². The van der Waals surface area contributed by atoms with Crippen LogP contribution in [0.2, 0.25) is 0 Å². The molecule has 0 radical (unpaired) electrons. The Kier molecular flexibility index (Phi) is 6.62. The second-order valence-electron chi connectivity index (χ2n) is 7.34. The van der Waals surface area contributed by atoms with E-state index in [9.17, 15) is 9.59 Å². The fourth-order valence-electron chi connectivity index (χ4n) is 3.81. The van der Waals surface area contributed by atoms with Crippen LogP contribution in [0.25, 0.3) is 11.0 Å². The molecule has 0 amide bonds.